The van der Waals surface area contributed by atoms with Gasteiger partial charge in [0.2, 0.25) is 0 Å². The Labute approximate surface area is 89.0 Å². The molecule has 0 aliphatic carbocycles. The van der Waals surface area contributed by atoms with Crippen molar-refractivity contribution in [2.45, 2.75) is 13.5 Å². The fourth-order valence-electron chi connectivity index (χ4n) is 1.36. The van der Waals surface area contributed by atoms with Crippen molar-refractivity contribution in [2.75, 3.05) is 11.9 Å². The van der Waals surface area contributed by atoms with Gasteiger partial charge in [0.25, 0.3) is 0 Å². The maximum absolute atomic E-state index is 4.22. The maximum atomic E-state index is 4.22. The molecule has 0 aliphatic heterocycles. The lowest BCUT2D eigenvalue weighted by molar-refractivity contribution is 0.637. The average molecular weight is 202 g/mol. The summed E-state index contributed by atoms with van der Waals surface area (Å²) < 4.78 is 1.89. The van der Waals surface area contributed by atoms with Crippen LogP contribution in [0.1, 0.15) is 5.56 Å². The highest BCUT2D eigenvalue weighted by Crippen LogP contribution is 2.04. The molecule has 0 amide bonds. The van der Waals surface area contributed by atoms with Crippen LogP contribution in [0.2, 0.25) is 0 Å². The van der Waals surface area contributed by atoms with Crippen LogP contribution in [0.3, 0.4) is 0 Å². The second-order valence-electron chi connectivity index (χ2n) is 3.41. The minimum absolute atomic E-state index is 0.831. The van der Waals surface area contributed by atoms with Crippen molar-refractivity contribution in [3.63, 3.8) is 0 Å². The first-order valence-electron chi connectivity index (χ1n) is 4.98. The molecule has 0 radical (unpaired) electrons. The molecule has 2 heterocycles. The molecule has 0 aliphatic rings. The number of rotatable bonds is 4. The molecule has 78 valence electrons. The van der Waals surface area contributed by atoms with Crippen molar-refractivity contribution >= 4 is 5.82 Å². The van der Waals surface area contributed by atoms with E-state index in [4.69, 9.17) is 0 Å². The quantitative estimate of drug-likeness (QED) is 0.820. The van der Waals surface area contributed by atoms with Crippen molar-refractivity contribution in [3.05, 3.63) is 42.4 Å². The Morgan fingerprint density at radius 3 is 3.07 bits per heavy atom. The maximum Gasteiger partial charge on any atom is 0.126 e. The van der Waals surface area contributed by atoms with Gasteiger partial charge in [0.1, 0.15) is 5.82 Å². The van der Waals surface area contributed by atoms with Gasteiger partial charge in [-0.05, 0) is 30.7 Å². The van der Waals surface area contributed by atoms with Gasteiger partial charge in [-0.25, -0.2) is 4.98 Å². The highest BCUT2D eigenvalue weighted by Gasteiger charge is 1.94. The highest BCUT2D eigenvalue weighted by molar-refractivity contribution is 5.36. The average Bonchev–Trinajstić information content (AvgIpc) is 2.71. The van der Waals surface area contributed by atoms with Crippen LogP contribution in [0.4, 0.5) is 5.82 Å². The minimum atomic E-state index is 0.831. The molecule has 15 heavy (non-hydrogen) atoms. The van der Waals surface area contributed by atoms with Gasteiger partial charge in [0.05, 0.1) is 6.54 Å². The molecule has 0 aromatic carbocycles. The Balaban J connectivity index is 1.83. The molecule has 4 nitrogen and oxygen atoms in total. The lowest BCUT2D eigenvalue weighted by atomic mass is 10.3. The van der Waals surface area contributed by atoms with Crippen LogP contribution in [0.25, 0.3) is 0 Å². The van der Waals surface area contributed by atoms with E-state index in [1.54, 1.807) is 6.20 Å². The van der Waals surface area contributed by atoms with Crippen LogP contribution in [0.5, 0.6) is 0 Å². The number of anilines is 1. The Morgan fingerprint density at radius 2 is 2.33 bits per heavy atom. The van der Waals surface area contributed by atoms with Crippen molar-refractivity contribution in [2.24, 2.45) is 0 Å². The highest BCUT2D eigenvalue weighted by atomic mass is 15.3. The second kappa shape index (κ2) is 4.59. The molecule has 0 spiro atoms. The molecule has 2 aromatic heterocycles. The van der Waals surface area contributed by atoms with Gasteiger partial charge in [-0.1, -0.05) is 0 Å². The summed E-state index contributed by atoms with van der Waals surface area (Å²) in [6.45, 7) is 3.74. The Bertz CT molecular complexity index is 408. The Kier molecular flexibility index (Phi) is 2.97. The minimum Gasteiger partial charge on any atom is -0.368 e. The predicted octanol–water partition coefficient (Wildman–Crippen LogP) is 1.70. The molecular formula is C11H14N4. The zero-order valence-corrected chi connectivity index (χ0v) is 8.72. The number of aromatic nitrogens is 3. The largest absolute Gasteiger partial charge is 0.368 e. The first-order chi connectivity index (χ1) is 7.34. The Hall–Kier alpha value is -1.84. The van der Waals surface area contributed by atoms with Gasteiger partial charge in [0, 0.05) is 25.1 Å². The van der Waals surface area contributed by atoms with Gasteiger partial charge in [-0.15, -0.1) is 0 Å². The molecule has 0 saturated carbocycles. The molecule has 2 aromatic rings. The molecule has 0 unspecified atom stereocenters. The third-order valence-corrected chi connectivity index (χ3v) is 2.12. The van der Waals surface area contributed by atoms with Crippen molar-refractivity contribution < 1.29 is 0 Å². The summed E-state index contributed by atoms with van der Waals surface area (Å²) in [6, 6.07) is 5.94. The molecule has 2 rings (SSSR count). The van der Waals surface area contributed by atoms with Crippen molar-refractivity contribution in [1.29, 1.82) is 0 Å². The monoisotopic (exact) mass is 202 g/mol. The summed E-state index contributed by atoms with van der Waals surface area (Å²) in [7, 11) is 0. The number of pyridine rings is 1. The van der Waals surface area contributed by atoms with E-state index in [1.807, 2.05) is 35.3 Å². The topological polar surface area (TPSA) is 42.7 Å². The summed E-state index contributed by atoms with van der Waals surface area (Å²) in [5.74, 6) is 0.919. The summed E-state index contributed by atoms with van der Waals surface area (Å²) in [6.07, 6.45) is 5.54. The molecule has 4 heteroatoms. The van der Waals surface area contributed by atoms with E-state index >= 15 is 0 Å². The predicted molar refractivity (Wildman–Crippen MR) is 59.7 cm³/mol. The molecular weight excluding hydrogens is 188 g/mol. The molecule has 0 fully saturated rings. The first-order valence-corrected chi connectivity index (χ1v) is 4.98. The number of hydrogen-bond acceptors (Lipinski definition) is 3. The third-order valence-electron chi connectivity index (χ3n) is 2.12. The summed E-state index contributed by atoms with van der Waals surface area (Å²) in [4.78, 5) is 4.22. The van der Waals surface area contributed by atoms with Crippen molar-refractivity contribution in [3.8, 4) is 0 Å². The van der Waals surface area contributed by atoms with E-state index in [0.717, 1.165) is 18.9 Å². The Morgan fingerprint density at radius 1 is 1.40 bits per heavy atom. The number of hydrogen-bond donors (Lipinski definition) is 1. The van der Waals surface area contributed by atoms with E-state index in [-0.39, 0.29) is 0 Å². The SMILES string of the molecule is Cc1ccnc(NCCn2cccn2)c1. The van der Waals surface area contributed by atoms with E-state index in [1.165, 1.54) is 5.56 Å². The fraction of sp³-hybridized carbons (Fsp3) is 0.273. The first kappa shape index (κ1) is 9.71. The van der Waals surface area contributed by atoms with Crippen LogP contribution in [-0.2, 0) is 6.54 Å². The standard InChI is InChI=1S/C11H14N4/c1-10-3-5-12-11(9-10)13-6-8-15-7-2-4-14-15/h2-5,7,9H,6,8H2,1H3,(H,12,13). The normalized spacial score (nSPS) is 10.2. The van der Waals surface area contributed by atoms with Crippen LogP contribution < -0.4 is 5.32 Å². The number of aryl methyl sites for hydroxylation is 1. The molecule has 0 atom stereocenters. The van der Waals surface area contributed by atoms with E-state index in [0.29, 0.717) is 0 Å². The second-order valence-corrected chi connectivity index (χ2v) is 3.41. The van der Waals surface area contributed by atoms with Gasteiger partial charge in [-0.2, -0.15) is 5.10 Å². The van der Waals surface area contributed by atoms with Crippen LogP contribution >= 0.6 is 0 Å². The number of nitrogens with one attached hydrogen (secondary N) is 1. The zero-order chi connectivity index (χ0) is 10.5. The van der Waals surface area contributed by atoms with Crippen LogP contribution in [0.15, 0.2) is 36.8 Å². The smallest absolute Gasteiger partial charge is 0.126 e. The zero-order valence-electron chi connectivity index (χ0n) is 8.72. The fourth-order valence-corrected chi connectivity index (χ4v) is 1.36. The van der Waals surface area contributed by atoms with Gasteiger partial charge in [0.15, 0.2) is 0 Å². The molecule has 1 N–H and O–H groups in total. The molecule has 0 bridgehead atoms. The molecule has 0 saturated heterocycles. The van der Waals surface area contributed by atoms with E-state index in [9.17, 15) is 0 Å². The number of nitrogens with zero attached hydrogens (tertiary/aromatic N) is 3. The van der Waals surface area contributed by atoms with Gasteiger partial charge >= 0.3 is 0 Å². The van der Waals surface area contributed by atoms with Gasteiger partial charge in [-0.3, -0.25) is 4.68 Å². The summed E-state index contributed by atoms with van der Waals surface area (Å²) in [5, 5.41) is 7.37. The van der Waals surface area contributed by atoms with Crippen molar-refractivity contribution in [1.82, 2.24) is 14.8 Å². The van der Waals surface area contributed by atoms with E-state index < -0.39 is 0 Å². The summed E-state index contributed by atoms with van der Waals surface area (Å²) >= 11 is 0. The van der Waals surface area contributed by atoms with Gasteiger partial charge < -0.3 is 5.32 Å². The van der Waals surface area contributed by atoms with E-state index in [2.05, 4.69) is 22.3 Å². The van der Waals surface area contributed by atoms with Crippen LogP contribution in [0, 0.1) is 6.92 Å². The lowest BCUT2D eigenvalue weighted by Crippen LogP contribution is -2.11. The third kappa shape index (κ3) is 2.80. The van der Waals surface area contributed by atoms with Crippen LogP contribution in [-0.4, -0.2) is 21.3 Å². The summed E-state index contributed by atoms with van der Waals surface area (Å²) in [5.41, 5.74) is 1.21. The lowest BCUT2D eigenvalue weighted by Gasteiger charge is -2.05.